The number of allylic oxidation sites excluding steroid dienone is 1. The molecule has 5 heteroatoms. The van der Waals surface area contributed by atoms with Crippen molar-refractivity contribution in [3.8, 4) is 11.5 Å². The molecule has 1 heterocycles. The van der Waals surface area contributed by atoms with Crippen LogP contribution in [0.15, 0.2) is 72.5 Å². The number of hydrogen-bond acceptors (Lipinski definition) is 4. The van der Waals surface area contributed by atoms with E-state index >= 15 is 0 Å². The zero-order valence-corrected chi connectivity index (χ0v) is 16.2. The maximum atomic E-state index is 13.0. The van der Waals surface area contributed by atoms with Gasteiger partial charge in [0.1, 0.15) is 23.9 Å². The number of hydrogen-bond donors (Lipinski definition) is 0. The Kier molecular flexibility index (Phi) is 5.04. The molecule has 0 atom stereocenters. The fourth-order valence-electron chi connectivity index (χ4n) is 3.02. The van der Waals surface area contributed by atoms with Crippen molar-refractivity contribution in [1.29, 1.82) is 0 Å². The number of benzene rings is 3. The van der Waals surface area contributed by atoms with E-state index in [9.17, 15) is 9.18 Å². The van der Waals surface area contributed by atoms with Crippen LogP contribution in [-0.2, 0) is 6.61 Å². The molecule has 3 aromatic rings. The number of carbonyl (C=O) groups excluding carboxylic acids is 1. The monoisotopic (exact) mass is 389 g/mol. The molecule has 0 saturated heterocycles. The Morgan fingerprint density at radius 1 is 1.00 bits per heavy atom. The molecule has 0 bridgehead atoms. The van der Waals surface area contributed by atoms with E-state index in [-0.39, 0.29) is 17.4 Å². The highest BCUT2D eigenvalue weighted by molar-refractivity contribution is 6.14. The molecule has 0 saturated carbocycles. The van der Waals surface area contributed by atoms with Gasteiger partial charge in [0.05, 0.1) is 5.56 Å². The van der Waals surface area contributed by atoms with Gasteiger partial charge >= 0.3 is 0 Å². The van der Waals surface area contributed by atoms with Crippen LogP contribution in [-0.4, -0.2) is 19.9 Å². The molecule has 0 N–H and O–H groups in total. The van der Waals surface area contributed by atoms with Crippen molar-refractivity contribution < 1.29 is 18.7 Å². The number of fused-ring (bicyclic) bond motifs is 1. The summed E-state index contributed by atoms with van der Waals surface area (Å²) in [5, 5.41) is 0. The highest BCUT2D eigenvalue weighted by Crippen LogP contribution is 2.35. The van der Waals surface area contributed by atoms with Crippen LogP contribution < -0.4 is 14.4 Å². The third-order valence-electron chi connectivity index (χ3n) is 4.67. The molecule has 29 heavy (non-hydrogen) atoms. The lowest BCUT2D eigenvalue weighted by molar-refractivity contribution is 0.101. The standard InChI is InChI=1S/C24H20FNO3/c1-26(2)19-9-5-16(6-10-19)13-23-24(27)21-12-11-20(14-22(21)29-23)28-15-17-3-7-18(25)8-4-17/h3-14H,15H2,1-2H3/b23-13-. The van der Waals surface area contributed by atoms with Gasteiger partial charge in [-0.15, -0.1) is 0 Å². The lowest BCUT2D eigenvalue weighted by Gasteiger charge is -2.11. The topological polar surface area (TPSA) is 38.8 Å². The number of halogens is 1. The van der Waals surface area contributed by atoms with E-state index in [1.54, 1.807) is 36.4 Å². The molecule has 4 nitrogen and oxygen atoms in total. The van der Waals surface area contributed by atoms with Crippen LogP contribution in [0.1, 0.15) is 21.5 Å². The highest BCUT2D eigenvalue weighted by Gasteiger charge is 2.27. The normalized spacial score (nSPS) is 13.9. The predicted molar refractivity (Wildman–Crippen MR) is 111 cm³/mol. The first kappa shape index (κ1) is 18.7. The van der Waals surface area contributed by atoms with Gasteiger partial charge < -0.3 is 14.4 Å². The Bertz CT molecular complexity index is 1070. The first-order valence-electron chi connectivity index (χ1n) is 9.22. The second-order valence-corrected chi connectivity index (χ2v) is 7.00. The SMILES string of the molecule is CN(C)c1ccc(/C=C2\Oc3cc(OCc4ccc(F)cc4)ccc3C2=O)cc1. The van der Waals surface area contributed by atoms with Crippen molar-refractivity contribution in [2.45, 2.75) is 6.61 Å². The number of nitrogens with zero attached hydrogens (tertiary/aromatic N) is 1. The summed E-state index contributed by atoms with van der Waals surface area (Å²) in [4.78, 5) is 14.6. The van der Waals surface area contributed by atoms with E-state index in [1.807, 2.05) is 43.3 Å². The molecule has 0 aromatic heterocycles. The summed E-state index contributed by atoms with van der Waals surface area (Å²) in [6, 6.07) is 19.1. The summed E-state index contributed by atoms with van der Waals surface area (Å²) in [6.45, 7) is 0.300. The van der Waals surface area contributed by atoms with E-state index in [2.05, 4.69) is 0 Å². The number of ether oxygens (including phenoxy) is 2. The Morgan fingerprint density at radius 2 is 1.72 bits per heavy atom. The number of ketones is 1. The molecule has 0 amide bonds. The van der Waals surface area contributed by atoms with Crippen molar-refractivity contribution in [3.05, 3.63) is 95.0 Å². The molecule has 0 unspecified atom stereocenters. The molecule has 146 valence electrons. The predicted octanol–water partition coefficient (Wildman–Crippen LogP) is 5.09. The van der Waals surface area contributed by atoms with Gasteiger partial charge in [-0.3, -0.25) is 4.79 Å². The first-order chi connectivity index (χ1) is 14.0. The van der Waals surface area contributed by atoms with Gasteiger partial charge in [-0.1, -0.05) is 24.3 Å². The first-order valence-corrected chi connectivity index (χ1v) is 9.22. The maximum absolute atomic E-state index is 13.0. The van der Waals surface area contributed by atoms with Gasteiger partial charge in [0, 0.05) is 25.8 Å². The van der Waals surface area contributed by atoms with Gasteiger partial charge in [-0.05, 0) is 53.6 Å². The van der Waals surface area contributed by atoms with Gasteiger partial charge in [0.2, 0.25) is 5.78 Å². The van der Waals surface area contributed by atoms with E-state index in [1.165, 1.54) is 12.1 Å². The second-order valence-electron chi connectivity index (χ2n) is 7.00. The molecule has 0 aliphatic carbocycles. The van der Waals surface area contributed by atoms with Crippen LogP contribution in [0.25, 0.3) is 6.08 Å². The number of carbonyl (C=O) groups is 1. The van der Waals surface area contributed by atoms with Crippen molar-refractivity contribution in [3.63, 3.8) is 0 Å². The van der Waals surface area contributed by atoms with Crippen LogP contribution in [0, 0.1) is 5.82 Å². The number of Topliss-reactive ketones (excluding diaryl/α,β-unsaturated/α-hetero) is 1. The highest BCUT2D eigenvalue weighted by atomic mass is 19.1. The third kappa shape index (κ3) is 4.14. The summed E-state index contributed by atoms with van der Waals surface area (Å²) in [6.07, 6.45) is 1.74. The van der Waals surface area contributed by atoms with E-state index in [0.29, 0.717) is 23.7 Å². The van der Waals surface area contributed by atoms with Crippen molar-refractivity contribution in [1.82, 2.24) is 0 Å². The average molecular weight is 389 g/mol. The minimum Gasteiger partial charge on any atom is -0.489 e. The quantitative estimate of drug-likeness (QED) is 0.570. The number of rotatable bonds is 5. The zero-order valence-electron chi connectivity index (χ0n) is 16.2. The number of anilines is 1. The molecular formula is C24H20FNO3. The summed E-state index contributed by atoms with van der Waals surface area (Å²) >= 11 is 0. The van der Waals surface area contributed by atoms with Crippen LogP contribution in [0.4, 0.5) is 10.1 Å². The zero-order chi connectivity index (χ0) is 20.4. The lowest BCUT2D eigenvalue weighted by atomic mass is 10.1. The largest absolute Gasteiger partial charge is 0.489 e. The fraction of sp³-hybridized carbons (Fsp3) is 0.125. The third-order valence-corrected chi connectivity index (χ3v) is 4.67. The summed E-state index contributed by atoms with van der Waals surface area (Å²) < 4.78 is 24.5. The van der Waals surface area contributed by atoms with Crippen molar-refractivity contribution in [2.24, 2.45) is 0 Å². The second kappa shape index (κ2) is 7.80. The van der Waals surface area contributed by atoms with Gasteiger partial charge in [0.25, 0.3) is 0 Å². The molecule has 0 spiro atoms. The molecule has 4 rings (SSSR count). The van der Waals surface area contributed by atoms with Crippen molar-refractivity contribution in [2.75, 3.05) is 19.0 Å². The van der Waals surface area contributed by atoms with Gasteiger partial charge in [-0.25, -0.2) is 4.39 Å². The summed E-state index contributed by atoms with van der Waals surface area (Å²) in [5.74, 6) is 0.907. The minimum atomic E-state index is -0.283. The van der Waals surface area contributed by atoms with E-state index in [4.69, 9.17) is 9.47 Å². The average Bonchev–Trinajstić information content (AvgIpc) is 3.03. The van der Waals surface area contributed by atoms with Crippen molar-refractivity contribution >= 4 is 17.5 Å². The van der Waals surface area contributed by atoms with Gasteiger partial charge in [0.15, 0.2) is 5.76 Å². The Balaban J connectivity index is 1.48. The summed E-state index contributed by atoms with van der Waals surface area (Å²) in [5.41, 5.74) is 3.33. The molecular weight excluding hydrogens is 369 g/mol. The van der Waals surface area contributed by atoms with Crippen LogP contribution in [0.2, 0.25) is 0 Å². The van der Waals surface area contributed by atoms with Crippen LogP contribution >= 0.6 is 0 Å². The molecule has 0 fully saturated rings. The minimum absolute atomic E-state index is 0.151. The van der Waals surface area contributed by atoms with E-state index < -0.39 is 0 Å². The molecule has 1 aliphatic heterocycles. The van der Waals surface area contributed by atoms with Gasteiger partial charge in [-0.2, -0.15) is 0 Å². The maximum Gasteiger partial charge on any atom is 0.231 e. The molecule has 0 radical (unpaired) electrons. The molecule has 3 aromatic carbocycles. The molecule has 1 aliphatic rings. The Labute approximate surface area is 168 Å². The fourth-order valence-corrected chi connectivity index (χ4v) is 3.02. The summed E-state index contributed by atoms with van der Waals surface area (Å²) in [7, 11) is 3.95. The van der Waals surface area contributed by atoms with Crippen LogP contribution in [0.5, 0.6) is 11.5 Å². The van der Waals surface area contributed by atoms with Crippen LogP contribution in [0.3, 0.4) is 0 Å². The Morgan fingerprint density at radius 3 is 2.41 bits per heavy atom. The smallest absolute Gasteiger partial charge is 0.231 e. The Hall–Kier alpha value is -3.60. The van der Waals surface area contributed by atoms with E-state index in [0.717, 1.165) is 16.8 Å². The lowest BCUT2D eigenvalue weighted by Crippen LogP contribution is -2.08.